The van der Waals surface area contributed by atoms with Crippen molar-refractivity contribution in [1.82, 2.24) is 9.97 Å². The number of carbonyl (C=O) groups excluding carboxylic acids is 1. The van der Waals surface area contributed by atoms with Gasteiger partial charge in [0.15, 0.2) is 0 Å². The zero-order valence-electron chi connectivity index (χ0n) is 14.5. The molecule has 0 bridgehead atoms. The quantitative estimate of drug-likeness (QED) is 0.781. The van der Waals surface area contributed by atoms with Crippen LogP contribution in [0, 0.1) is 13.8 Å². The molecule has 0 aliphatic heterocycles. The smallest absolute Gasteiger partial charge is 0.261 e. The van der Waals surface area contributed by atoms with Crippen molar-refractivity contribution in [2.45, 2.75) is 13.8 Å². The van der Waals surface area contributed by atoms with E-state index >= 15 is 0 Å². The Kier molecular flexibility index (Phi) is 4.75. The summed E-state index contributed by atoms with van der Waals surface area (Å²) in [6.45, 7) is 4.13. The number of nitrogens with zero attached hydrogens (tertiary/aromatic N) is 3. The highest BCUT2D eigenvalue weighted by Gasteiger charge is 2.14. The largest absolute Gasteiger partial charge is 0.324 e. The van der Waals surface area contributed by atoms with Gasteiger partial charge in [-0.3, -0.25) is 4.79 Å². The average molecular weight is 332 g/mol. The molecule has 25 heavy (non-hydrogen) atoms. The van der Waals surface area contributed by atoms with Gasteiger partial charge in [0.2, 0.25) is 5.95 Å². The molecule has 0 saturated heterocycles. The number of rotatable bonds is 4. The molecular weight excluding hydrogens is 312 g/mol. The molecule has 0 fully saturated rings. The van der Waals surface area contributed by atoms with Crippen LogP contribution in [0.1, 0.15) is 21.5 Å². The summed E-state index contributed by atoms with van der Waals surface area (Å²) in [6.07, 6.45) is 3.08. The van der Waals surface area contributed by atoms with Gasteiger partial charge in [-0.2, -0.15) is 0 Å². The lowest BCUT2D eigenvalue weighted by atomic mass is 10.1. The molecule has 5 nitrogen and oxygen atoms in total. The molecule has 1 N–H and O–H groups in total. The predicted molar refractivity (Wildman–Crippen MR) is 100 cm³/mol. The van der Waals surface area contributed by atoms with E-state index in [0.717, 1.165) is 11.4 Å². The lowest BCUT2D eigenvalue weighted by Crippen LogP contribution is -2.26. The van der Waals surface area contributed by atoms with Crippen LogP contribution in [0.5, 0.6) is 0 Å². The molecule has 0 aliphatic carbocycles. The van der Waals surface area contributed by atoms with Gasteiger partial charge in [0.1, 0.15) is 0 Å². The molecule has 1 amide bonds. The Morgan fingerprint density at radius 2 is 1.64 bits per heavy atom. The van der Waals surface area contributed by atoms with Gasteiger partial charge in [-0.1, -0.05) is 24.3 Å². The molecule has 1 aromatic heterocycles. The molecule has 126 valence electrons. The third-order valence-corrected chi connectivity index (χ3v) is 4.11. The second-order valence-corrected chi connectivity index (χ2v) is 5.92. The number of carbonyl (C=O) groups is 1. The van der Waals surface area contributed by atoms with Crippen LogP contribution in [0.15, 0.2) is 60.9 Å². The summed E-state index contributed by atoms with van der Waals surface area (Å²) in [5.74, 6) is 0.311. The van der Waals surface area contributed by atoms with E-state index < -0.39 is 0 Å². The van der Waals surface area contributed by atoms with Gasteiger partial charge in [0.05, 0.1) is 5.56 Å². The van der Waals surface area contributed by atoms with Crippen LogP contribution in [0.25, 0.3) is 0 Å². The Hall–Kier alpha value is -3.21. The fourth-order valence-corrected chi connectivity index (χ4v) is 2.41. The van der Waals surface area contributed by atoms with Crippen molar-refractivity contribution < 1.29 is 4.79 Å². The van der Waals surface area contributed by atoms with Gasteiger partial charge < -0.3 is 10.2 Å². The Morgan fingerprint density at radius 1 is 0.960 bits per heavy atom. The summed E-state index contributed by atoms with van der Waals surface area (Å²) in [4.78, 5) is 22.6. The Bertz CT molecular complexity index is 876. The average Bonchev–Trinajstić information content (AvgIpc) is 2.65. The molecule has 0 radical (unpaired) electrons. The summed E-state index contributed by atoms with van der Waals surface area (Å²) >= 11 is 0. The fourth-order valence-electron chi connectivity index (χ4n) is 2.41. The SMILES string of the molecule is Cc1ccc(Nc2ncc(C(=O)N(C)c3ccccc3)cn2)cc1C. The fraction of sp³-hybridized carbons (Fsp3) is 0.150. The zero-order chi connectivity index (χ0) is 17.8. The number of nitrogens with one attached hydrogen (secondary N) is 1. The summed E-state index contributed by atoms with van der Waals surface area (Å²) in [7, 11) is 1.74. The minimum Gasteiger partial charge on any atom is -0.324 e. The van der Waals surface area contributed by atoms with Crippen LogP contribution in [0.3, 0.4) is 0 Å². The summed E-state index contributed by atoms with van der Waals surface area (Å²) in [6, 6.07) is 15.5. The molecule has 1 heterocycles. The van der Waals surface area contributed by atoms with E-state index in [1.807, 2.05) is 48.5 Å². The first-order chi connectivity index (χ1) is 12.0. The standard InChI is InChI=1S/C20H20N4O/c1-14-9-10-17(11-15(14)2)23-20-21-12-16(13-22-20)19(25)24(3)18-7-5-4-6-8-18/h4-13H,1-3H3,(H,21,22,23). The second-order valence-electron chi connectivity index (χ2n) is 5.92. The molecule has 3 rings (SSSR count). The van der Waals surface area contributed by atoms with E-state index in [2.05, 4.69) is 29.1 Å². The van der Waals surface area contributed by atoms with Crippen molar-refractivity contribution in [2.75, 3.05) is 17.3 Å². The minimum absolute atomic E-state index is 0.149. The lowest BCUT2D eigenvalue weighted by Gasteiger charge is -2.17. The van der Waals surface area contributed by atoms with Crippen molar-refractivity contribution in [3.8, 4) is 0 Å². The number of aryl methyl sites for hydroxylation is 2. The molecule has 3 aromatic rings. The van der Waals surface area contributed by atoms with Crippen LogP contribution in [0.4, 0.5) is 17.3 Å². The molecule has 5 heteroatoms. The minimum atomic E-state index is -0.149. The van der Waals surface area contributed by atoms with E-state index in [0.29, 0.717) is 11.5 Å². The number of benzene rings is 2. The van der Waals surface area contributed by atoms with Crippen molar-refractivity contribution in [2.24, 2.45) is 0 Å². The van der Waals surface area contributed by atoms with Gasteiger partial charge in [-0.15, -0.1) is 0 Å². The highest BCUT2D eigenvalue weighted by Crippen LogP contribution is 2.18. The molecular formula is C20H20N4O. The Balaban J connectivity index is 1.73. The molecule has 2 aromatic carbocycles. The maximum absolute atomic E-state index is 12.5. The normalized spacial score (nSPS) is 10.4. The van der Waals surface area contributed by atoms with Crippen LogP contribution < -0.4 is 10.2 Å². The first-order valence-corrected chi connectivity index (χ1v) is 8.04. The van der Waals surface area contributed by atoms with Crippen molar-refractivity contribution in [3.63, 3.8) is 0 Å². The third-order valence-electron chi connectivity index (χ3n) is 4.11. The maximum atomic E-state index is 12.5. The van der Waals surface area contributed by atoms with Crippen molar-refractivity contribution in [1.29, 1.82) is 0 Å². The van der Waals surface area contributed by atoms with Gasteiger partial charge in [-0.05, 0) is 49.2 Å². The van der Waals surface area contributed by atoms with Crippen LogP contribution in [-0.4, -0.2) is 22.9 Å². The number of para-hydroxylation sites is 1. The molecule has 0 atom stereocenters. The molecule has 0 aliphatic rings. The van der Waals surface area contributed by atoms with Crippen LogP contribution in [-0.2, 0) is 0 Å². The van der Waals surface area contributed by atoms with Crippen LogP contribution in [0.2, 0.25) is 0 Å². The zero-order valence-corrected chi connectivity index (χ0v) is 14.5. The molecule has 0 spiro atoms. The maximum Gasteiger partial charge on any atom is 0.261 e. The van der Waals surface area contributed by atoms with E-state index in [1.54, 1.807) is 11.9 Å². The molecule has 0 saturated carbocycles. The highest BCUT2D eigenvalue weighted by atomic mass is 16.2. The number of amides is 1. The highest BCUT2D eigenvalue weighted by molar-refractivity contribution is 6.05. The van der Waals surface area contributed by atoms with Gasteiger partial charge >= 0.3 is 0 Å². The predicted octanol–water partition coefficient (Wildman–Crippen LogP) is 4.11. The number of anilines is 3. The lowest BCUT2D eigenvalue weighted by molar-refractivity contribution is 0.0992. The number of aromatic nitrogens is 2. The third kappa shape index (κ3) is 3.83. The van der Waals surface area contributed by atoms with Crippen molar-refractivity contribution in [3.05, 3.63) is 77.6 Å². The van der Waals surface area contributed by atoms with E-state index in [9.17, 15) is 4.79 Å². The van der Waals surface area contributed by atoms with Gasteiger partial charge in [0, 0.05) is 30.8 Å². The summed E-state index contributed by atoms with van der Waals surface area (Å²) in [5, 5.41) is 3.15. The summed E-state index contributed by atoms with van der Waals surface area (Å²) in [5.41, 5.74) is 4.61. The topological polar surface area (TPSA) is 58.1 Å². The van der Waals surface area contributed by atoms with E-state index in [1.165, 1.54) is 23.5 Å². The van der Waals surface area contributed by atoms with E-state index in [4.69, 9.17) is 0 Å². The van der Waals surface area contributed by atoms with E-state index in [-0.39, 0.29) is 5.91 Å². The second kappa shape index (κ2) is 7.13. The molecule has 0 unspecified atom stereocenters. The first kappa shape index (κ1) is 16.6. The van der Waals surface area contributed by atoms with Crippen molar-refractivity contribution >= 4 is 23.2 Å². The van der Waals surface area contributed by atoms with Gasteiger partial charge in [0.25, 0.3) is 5.91 Å². The number of hydrogen-bond donors (Lipinski definition) is 1. The first-order valence-electron chi connectivity index (χ1n) is 8.04. The summed E-state index contributed by atoms with van der Waals surface area (Å²) < 4.78 is 0. The Labute approximate surface area is 147 Å². The monoisotopic (exact) mass is 332 g/mol. The Morgan fingerprint density at radius 3 is 2.28 bits per heavy atom. The number of hydrogen-bond acceptors (Lipinski definition) is 4. The van der Waals surface area contributed by atoms with Gasteiger partial charge in [-0.25, -0.2) is 9.97 Å². The van der Waals surface area contributed by atoms with Crippen LogP contribution >= 0.6 is 0 Å².